The molecule has 15 heavy (non-hydrogen) atoms. The van der Waals surface area contributed by atoms with Crippen molar-refractivity contribution in [1.82, 2.24) is 0 Å². The van der Waals surface area contributed by atoms with E-state index in [4.69, 9.17) is 5.73 Å². The number of ketones is 1. The second kappa shape index (κ2) is 4.72. The first-order valence-corrected chi connectivity index (χ1v) is 4.32. The van der Waals surface area contributed by atoms with E-state index in [1.807, 2.05) is 0 Å². The Morgan fingerprint density at radius 2 is 2.20 bits per heavy atom. The minimum atomic E-state index is -2.92. The monoisotopic (exact) mass is 215 g/mol. The SMILES string of the molecule is CC(=O)Cc1cccc(OC(F)F)c1N. The van der Waals surface area contributed by atoms with E-state index in [1.54, 1.807) is 6.07 Å². The van der Waals surface area contributed by atoms with E-state index in [0.29, 0.717) is 5.56 Å². The van der Waals surface area contributed by atoms with Crippen LogP contribution in [0.3, 0.4) is 0 Å². The second-order valence-electron chi connectivity index (χ2n) is 3.09. The molecule has 0 heterocycles. The quantitative estimate of drug-likeness (QED) is 0.781. The molecule has 0 aromatic heterocycles. The molecule has 0 saturated heterocycles. The maximum atomic E-state index is 12.0. The van der Waals surface area contributed by atoms with Gasteiger partial charge in [-0.05, 0) is 18.6 Å². The summed E-state index contributed by atoms with van der Waals surface area (Å²) in [4.78, 5) is 10.9. The number of nitrogens with two attached hydrogens (primary N) is 1. The molecule has 0 radical (unpaired) electrons. The highest BCUT2D eigenvalue weighted by atomic mass is 19.3. The minimum Gasteiger partial charge on any atom is -0.433 e. The van der Waals surface area contributed by atoms with Gasteiger partial charge in [0.05, 0.1) is 5.69 Å². The van der Waals surface area contributed by atoms with Crippen LogP contribution in [0.4, 0.5) is 14.5 Å². The van der Waals surface area contributed by atoms with Gasteiger partial charge in [-0.3, -0.25) is 4.79 Å². The fourth-order valence-electron chi connectivity index (χ4n) is 1.21. The Hall–Kier alpha value is -1.65. The zero-order valence-corrected chi connectivity index (χ0v) is 8.17. The van der Waals surface area contributed by atoms with Gasteiger partial charge in [-0.1, -0.05) is 12.1 Å². The van der Waals surface area contributed by atoms with Crippen LogP contribution >= 0.6 is 0 Å². The van der Waals surface area contributed by atoms with Crippen LogP contribution in [0.5, 0.6) is 5.75 Å². The molecule has 5 heteroatoms. The van der Waals surface area contributed by atoms with Crippen molar-refractivity contribution < 1.29 is 18.3 Å². The molecule has 2 N–H and O–H groups in total. The minimum absolute atomic E-state index is 0.0871. The van der Waals surface area contributed by atoms with Gasteiger partial charge in [0.15, 0.2) is 0 Å². The number of benzene rings is 1. The van der Waals surface area contributed by atoms with Crippen LogP contribution in [-0.4, -0.2) is 12.4 Å². The topological polar surface area (TPSA) is 52.3 Å². The van der Waals surface area contributed by atoms with Gasteiger partial charge in [0, 0.05) is 6.42 Å². The summed E-state index contributed by atoms with van der Waals surface area (Å²) in [5.74, 6) is -0.181. The molecule has 0 amide bonds. The zero-order valence-electron chi connectivity index (χ0n) is 8.17. The van der Waals surface area contributed by atoms with Gasteiger partial charge >= 0.3 is 6.61 Å². The highest BCUT2D eigenvalue weighted by molar-refractivity contribution is 5.80. The number of carbonyl (C=O) groups excluding carboxylic acids is 1. The molecule has 0 aliphatic heterocycles. The third-order valence-corrected chi connectivity index (χ3v) is 1.81. The maximum Gasteiger partial charge on any atom is 0.387 e. The average Bonchev–Trinajstić information content (AvgIpc) is 2.10. The molecular weight excluding hydrogens is 204 g/mol. The summed E-state index contributed by atoms with van der Waals surface area (Å²) < 4.78 is 28.1. The molecular formula is C10H11F2NO2. The van der Waals surface area contributed by atoms with Crippen molar-refractivity contribution in [3.8, 4) is 5.75 Å². The number of hydrogen-bond donors (Lipinski definition) is 1. The van der Waals surface area contributed by atoms with E-state index in [-0.39, 0.29) is 23.6 Å². The molecule has 0 bridgehead atoms. The van der Waals surface area contributed by atoms with E-state index < -0.39 is 6.61 Å². The van der Waals surface area contributed by atoms with Crippen LogP contribution < -0.4 is 10.5 Å². The van der Waals surface area contributed by atoms with Crippen LogP contribution in [0.25, 0.3) is 0 Å². The standard InChI is InChI=1S/C10H11F2NO2/c1-6(14)5-7-3-2-4-8(9(7)13)15-10(11)12/h2-4,10H,5,13H2,1H3. The molecule has 3 nitrogen and oxygen atoms in total. The van der Waals surface area contributed by atoms with E-state index >= 15 is 0 Å². The van der Waals surface area contributed by atoms with Crippen LogP contribution in [0.2, 0.25) is 0 Å². The first kappa shape index (κ1) is 11.4. The highest BCUT2D eigenvalue weighted by Crippen LogP contribution is 2.27. The van der Waals surface area contributed by atoms with Crippen molar-refractivity contribution >= 4 is 11.5 Å². The Morgan fingerprint density at radius 1 is 1.53 bits per heavy atom. The summed E-state index contributed by atoms with van der Waals surface area (Å²) in [6, 6.07) is 4.46. The number of anilines is 1. The van der Waals surface area contributed by atoms with Gasteiger partial charge in [-0.2, -0.15) is 8.78 Å². The first-order chi connectivity index (χ1) is 7.00. The molecule has 0 saturated carbocycles. The molecule has 1 aromatic rings. The van der Waals surface area contributed by atoms with Crippen LogP contribution in [0.1, 0.15) is 12.5 Å². The number of hydrogen-bond acceptors (Lipinski definition) is 3. The molecule has 1 aromatic carbocycles. The fraction of sp³-hybridized carbons (Fsp3) is 0.300. The number of alkyl halides is 2. The lowest BCUT2D eigenvalue weighted by atomic mass is 10.1. The van der Waals surface area contributed by atoms with E-state index in [9.17, 15) is 13.6 Å². The molecule has 0 fully saturated rings. The Labute approximate surface area is 85.8 Å². The van der Waals surface area contributed by atoms with E-state index in [0.717, 1.165) is 0 Å². The molecule has 82 valence electrons. The number of halogens is 2. The summed E-state index contributed by atoms with van der Waals surface area (Å²) in [6.07, 6.45) is 0.117. The lowest BCUT2D eigenvalue weighted by Crippen LogP contribution is -2.07. The maximum absolute atomic E-state index is 12.0. The molecule has 0 aliphatic rings. The predicted octanol–water partition coefficient (Wildman–Crippen LogP) is 2.00. The smallest absolute Gasteiger partial charge is 0.387 e. The Balaban J connectivity index is 2.95. The predicted molar refractivity (Wildman–Crippen MR) is 51.9 cm³/mol. The largest absolute Gasteiger partial charge is 0.433 e. The Bertz CT molecular complexity index is 366. The number of nitrogen functional groups attached to an aromatic ring is 1. The number of ether oxygens (including phenoxy) is 1. The third-order valence-electron chi connectivity index (χ3n) is 1.81. The summed E-state index contributed by atoms with van der Waals surface area (Å²) in [5.41, 5.74) is 6.16. The second-order valence-corrected chi connectivity index (χ2v) is 3.09. The van der Waals surface area contributed by atoms with Crippen molar-refractivity contribution in [1.29, 1.82) is 0 Å². The van der Waals surface area contributed by atoms with Gasteiger partial charge < -0.3 is 10.5 Å². The normalized spacial score (nSPS) is 10.4. The van der Waals surface area contributed by atoms with Gasteiger partial charge in [0.25, 0.3) is 0 Å². The number of carbonyl (C=O) groups is 1. The molecule has 0 atom stereocenters. The van der Waals surface area contributed by atoms with Gasteiger partial charge in [0.1, 0.15) is 11.5 Å². The molecule has 0 spiro atoms. The van der Waals surface area contributed by atoms with Gasteiger partial charge in [-0.25, -0.2) is 0 Å². The molecule has 0 aliphatic carbocycles. The van der Waals surface area contributed by atoms with Gasteiger partial charge in [-0.15, -0.1) is 0 Å². The van der Waals surface area contributed by atoms with E-state index in [2.05, 4.69) is 4.74 Å². The lowest BCUT2D eigenvalue weighted by molar-refractivity contribution is -0.116. The van der Waals surface area contributed by atoms with Crippen LogP contribution in [-0.2, 0) is 11.2 Å². The van der Waals surface area contributed by atoms with Crippen molar-refractivity contribution in [3.05, 3.63) is 23.8 Å². The van der Waals surface area contributed by atoms with Crippen molar-refractivity contribution in [2.24, 2.45) is 0 Å². The summed E-state index contributed by atoms with van der Waals surface area (Å²) in [7, 11) is 0. The lowest BCUT2D eigenvalue weighted by Gasteiger charge is -2.10. The van der Waals surface area contributed by atoms with Crippen LogP contribution in [0.15, 0.2) is 18.2 Å². The first-order valence-electron chi connectivity index (χ1n) is 4.32. The third kappa shape index (κ3) is 3.19. The zero-order chi connectivity index (χ0) is 11.4. The number of Topliss-reactive ketones (excluding diaryl/α,β-unsaturated/α-hetero) is 1. The fourth-order valence-corrected chi connectivity index (χ4v) is 1.21. The average molecular weight is 215 g/mol. The number of rotatable bonds is 4. The molecule has 1 rings (SSSR count). The number of para-hydroxylation sites is 1. The summed E-state index contributed by atoms with van der Waals surface area (Å²) in [5, 5.41) is 0. The van der Waals surface area contributed by atoms with E-state index in [1.165, 1.54) is 19.1 Å². The summed E-state index contributed by atoms with van der Waals surface area (Å²) in [6.45, 7) is -1.51. The highest BCUT2D eigenvalue weighted by Gasteiger charge is 2.11. The summed E-state index contributed by atoms with van der Waals surface area (Å²) >= 11 is 0. The Kier molecular flexibility index (Phi) is 3.60. The van der Waals surface area contributed by atoms with Crippen molar-refractivity contribution in [3.63, 3.8) is 0 Å². The Morgan fingerprint density at radius 3 is 2.73 bits per heavy atom. The van der Waals surface area contributed by atoms with Crippen molar-refractivity contribution in [2.75, 3.05) is 5.73 Å². The van der Waals surface area contributed by atoms with Crippen LogP contribution in [0, 0.1) is 0 Å². The van der Waals surface area contributed by atoms with Gasteiger partial charge in [0.2, 0.25) is 0 Å². The molecule has 0 unspecified atom stereocenters. The van der Waals surface area contributed by atoms with Crippen molar-refractivity contribution in [2.45, 2.75) is 20.0 Å².